The first-order valence-electron chi connectivity index (χ1n) is 8.82. The van der Waals surface area contributed by atoms with E-state index in [0.717, 1.165) is 40.0 Å². The van der Waals surface area contributed by atoms with Crippen molar-refractivity contribution in [1.82, 2.24) is 15.4 Å². The van der Waals surface area contributed by atoms with Crippen molar-refractivity contribution in [3.05, 3.63) is 45.8 Å². The molecule has 5 nitrogen and oxygen atoms in total. The van der Waals surface area contributed by atoms with Crippen molar-refractivity contribution >= 4 is 34.4 Å². The Balaban J connectivity index is 1.26. The van der Waals surface area contributed by atoms with E-state index in [1.165, 1.54) is 28.6 Å². The van der Waals surface area contributed by atoms with E-state index in [9.17, 15) is 0 Å². The van der Waals surface area contributed by atoms with E-state index in [2.05, 4.69) is 28.3 Å². The molecule has 0 bridgehead atoms. The van der Waals surface area contributed by atoms with Gasteiger partial charge in [0.1, 0.15) is 0 Å². The lowest BCUT2D eigenvalue weighted by Gasteiger charge is -2.16. The van der Waals surface area contributed by atoms with Crippen LogP contribution >= 0.6 is 34.4 Å². The van der Waals surface area contributed by atoms with Crippen molar-refractivity contribution in [3.63, 3.8) is 0 Å². The Morgan fingerprint density at radius 2 is 2.22 bits per heavy atom. The molecule has 0 fully saturated rings. The van der Waals surface area contributed by atoms with Crippen LogP contribution in [0.5, 0.6) is 0 Å². The zero-order valence-electron chi connectivity index (χ0n) is 14.7. The molecule has 0 saturated heterocycles. The van der Waals surface area contributed by atoms with Crippen LogP contribution in [-0.2, 0) is 18.6 Å². The van der Waals surface area contributed by atoms with Gasteiger partial charge in [-0.25, -0.2) is 0 Å². The number of rotatable bonds is 5. The largest absolute Gasteiger partial charge is 0.410 e. The SMILES string of the molecule is C[C@H]1CCc2sc(-c3nnc(SCc4cc(-c5cccs5)on4)o3)cc2C1. The van der Waals surface area contributed by atoms with Crippen molar-refractivity contribution in [1.29, 1.82) is 0 Å². The van der Waals surface area contributed by atoms with Gasteiger partial charge in [-0.3, -0.25) is 0 Å². The summed E-state index contributed by atoms with van der Waals surface area (Å²) in [6, 6.07) is 8.21. The van der Waals surface area contributed by atoms with Crippen LogP contribution in [-0.4, -0.2) is 15.4 Å². The fourth-order valence-corrected chi connectivity index (χ4v) is 5.68. The summed E-state index contributed by atoms with van der Waals surface area (Å²) >= 11 is 4.90. The highest BCUT2D eigenvalue weighted by atomic mass is 32.2. The Bertz CT molecular complexity index is 1050. The van der Waals surface area contributed by atoms with Gasteiger partial charge >= 0.3 is 0 Å². The number of aryl methyl sites for hydroxylation is 1. The van der Waals surface area contributed by atoms with Crippen molar-refractivity contribution in [2.75, 3.05) is 0 Å². The molecule has 0 radical (unpaired) electrons. The van der Waals surface area contributed by atoms with Crippen molar-refractivity contribution < 1.29 is 8.94 Å². The molecular formula is C19H17N3O2S3. The topological polar surface area (TPSA) is 65.0 Å². The molecular weight excluding hydrogens is 398 g/mol. The zero-order chi connectivity index (χ0) is 18.2. The second-order valence-electron chi connectivity index (χ2n) is 6.73. The fraction of sp³-hybridized carbons (Fsp3) is 0.316. The molecule has 0 aliphatic heterocycles. The van der Waals surface area contributed by atoms with E-state index in [0.29, 0.717) is 16.9 Å². The molecule has 138 valence electrons. The lowest BCUT2D eigenvalue weighted by molar-refractivity contribution is 0.427. The van der Waals surface area contributed by atoms with E-state index in [4.69, 9.17) is 8.94 Å². The quantitative estimate of drug-likeness (QED) is 0.376. The summed E-state index contributed by atoms with van der Waals surface area (Å²) in [5.74, 6) is 2.80. The van der Waals surface area contributed by atoms with Crippen molar-refractivity contribution in [2.24, 2.45) is 5.92 Å². The minimum absolute atomic E-state index is 0.561. The minimum atomic E-state index is 0.561. The van der Waals surface area contributed by atoms with Crippen LogP contribution in [0, 0.1) is 5.92 Å². The third-order valence-electron chi connectivity index (χ3n) is 4.61. The first-order valence-corrected chi connectivity index (χ1v) is 11.5. The van der Waals surface area contributed by atoms with Gasteiger partial charge in [-0.05, 0) is 48.3 Å². The summed E-state index contributed by atoms with van der Waals surface area (Å²) in [6.07, 6.45) is 3.58. The molecule has 0 aromatic carbocycles. The molecule has 27 heavy (non-hydrogen) atoms. The number of fused-ring (bicyclic) bond motifs is 1. The number of nitrogens with zero attached hydrogens (tertiary/aromatic N) is 3. The zero-order valence-corrected chi connectivity index (χ0v) is 17.1. The molecule has 1 aliphatic carbocycles. The molecule has 0 amide bonds. The number of thiophene rings is 2. The number of hydrogen-bond donors (Lipinski definition) is 0. The summed E-state index contributed by atoms with van der Waals surface area (Å²) in [7, 11) is 0. The summed E-state index contributed by atoms with van der Waals surface area (Å²) in [4.78, 5) is 3.63. The maximum atomic E-state index is 5.87. The molecule has 4 aromatic rings. The number of hydrogen-bond acceptors (Lipinski definition) is 8. The number of aromatic nitrogens is 3. The van der Waals surface area contributed by atoms with E-state index in [-0.39, 0.29) is 0 Å². The van der Waals surface area contributed by atoms with Crippen LogP contribution in [0.2, 0.25) is 0 Å². The molecule has 0 saturated carbocycles. The van der Waals surface area contributed by atoms with Crippen molar-refractivity contribution in [2.45, 2.75) is 37.2 Å². The van der Waals surface area contributed by atoms with E-state index in [1.54, 1.807) is 22.7 Å². The summed E-state index contributed by atoms with van der Waals surface area (Å²) in [5.41, 5.74) is 2.31. The second-order valence-corrected chi connectivity index (χ2v) is 9.74. The molecule has 8 heteroatoms. The average molecular weight is 416 g/mol. The van der Waals surface area contributed by atoms with Crippen LogP contribution in [0.15, 0.2) is 43.8 Å². The molecule has 1 aliphatic rings. The summed E-state index contributed by atoms with van der Waals surface area (Å²) < 4.78 is 11.3. The summed E-state index contributed by atoms with van der Waals surface area (Å²) in [5, 5.41) is 15.1. The Morgan fingerprint density at radius 3 is 3.11 bits per heavy atom. The molecule has 4 heterocycles. The van der Waals surface area contributed by atoms with Gasteiger partial charge in [0.2, 0.25) is 0 Å². The monoisotopic (exact) mass is 415 g/mol. The minimum Gasteiger partial charge on any atom is -0.410 e. The smallest absolute Gasteiger partial charge is 0.277 e. The van der Waals surface area contributed by atoms with Crippen LogP contribution in [0.25, 0.3) is 21.4 Å². The molecule has 0 N–H and O–H groups in total. The highest BCUT2D eigenvalue weighted by Crippen LogP contribution is 2.37. The van der Waals surface area contributed by atoms with Gasteiger partial charge in [-0.15, -0.1) is 32.9 Å². The Hall–Kier alpha value is -1.90. The van der Waals surface area contributed by atoms with Crippen LogP contribution in [0.1, 0.15) is 29.5 Å². The van der Waals surface area contributed by atoms with Gasteiger partial charge < -0.3 is 8.94 Å². The standard InChI is InChI=1S/C19H17N3O2S3/c1-11-4-5-15-12(7-11)8-17(27-15)18-20-21-19(23-18)26-10-13-9-14(24-22-13)16-3-2-6-25-16/h2-3,6,8-9,11H,4-5,7,10H2,1H3/t11-/m0/s1. The Labute approximate surface area is 168 Å². The third kappa shape index (κ3) is 3.61. The van der Waals surface area contributed by atoms with Crippen molar-refractivity contribution in [3.8, 4) is 21.4 Å². The molecule has 0 unspecified atom stereocenters. The predicted octanol–water partition coefficient (Wildman–Crippen LogP) is 5.93. The maximum Gasteiger partial charge on any atom is 0.277 e. The molecule has 0 spiro atoms. The average Bonchev–Trinajstić information content (AvgIpc) is 3.45. The third-order valence-corrected chi connectivity index (χ3v) is 7.57. The lowest BCUT2D eigenvalue weighted by Crippen LogP contribution is -2.07. The highest BCUT2D eigenvalue weighted by molar-refractivity contribution is 7.98. The molecule has 1 atom stereocenters. The van der Waals surface area contributed by atoms with Crippen LogP contribution < -0.4 is 0 Å². The first-order chi connectivity index (χ1) is 13.2. The van der Waals surface area contributed by atoms with Crippen LogP contribution in [0.4, 0.5) is 0 Å². The Kier molecular flexibility index (Phi) is 4.63. The lowest BCUT2D eigenvalue weighted by atomic mass is 9.90. The van der Waals surface area contributed by atoms with Gasteiger partial charge in [0.15, 0.2) is 5.76 Å². The normalized spacial score (nSPS) is 16.6. The molecule has 4 aromatic heterocycles. The highest BCUT2D eigenvalue weighted by Gasteiger charge is 2.21. The van der Waals surface area contributed by atoms with Gasteiger partial charge in [0.05, 0.1) is 15.4 Å². The second kappa shape index (κ2) is 7.26. The van der Waals surface area contributed by atoms with E-state index in [1.807, 2.05) is 23.6 Å². The Morgan fingerprint density at radius 1 is 1.26 bits per heavy atom. The summed E-state index contributed by atoms with van der Waals surface area (Å²) in [6.45, 7) is 2.31. The van der Waals surface area contributed by atoms with E-state index < -0.39 is 0 Å². The van der Waals surface area contributed by atoms with Gasteiger partial charge in [-0.1, -0.05) is 29.9 Å². The number of thioether (sulfide) groups is 1. The van der Waals surface area contributed by atoms with E-state index >= 15 is 0 Å². The van der Waals surface area contributed by atoms with Gasteiger partial charge in [0.25, 0.3) is 11.1 Å². The predicted molar refractivity (Wildman–Crippen MR) is 108 cm³/mol. The fourth-order valence-electron chi connectivity index (χ4n) is 3.23. The van der Waals surface area contributed by atoms with Gasteiger partial charge in [-0.2, -0.15) is 0 Å². The van der Waals surface area contributed by atoms with Gasteiger partial charge in [0, 0.05) is 16.7 Å². The molecule has 5 rings (SSSR count). The van der Waals surface area contributed by atoms with Crippen LogP contribution in [0.3, 0.4) is 0 Å². The first kappa shape index (κ1) is 17.2. The maximum absolute atomic E-state index is 5.87.